The number of rotatable bonds is 4. The van der Waals surface area contributed by atoms with Crippen molar-refractivity contribution in [3.63, 3.8) is 0 Å². The summed E-state index contributed by atoms with van der Waals surface area (Å²) in [4.78, 5) is 4.18. The van der Waals surface area contributed by atoms with Crippen LogP contribution in [0.3, 0.4) is 0 Å². The predicted molar refractivity (Wildman–Crippen MR) is 73.5 cm³/mol. The largest absolute Gasteiger partial charge is 0.441 e. The summed E-state index contributed by atoms with van der Waals surface area (Å²) in [7, 11) is 0. The van der Waals surface area contributed by atoms with E-state index in [9.17, 15) is 0 Å². The van der Waals surface area contributed by atoms with Crippen LogP contribution < -0.4 is 0 Å². The molecule has 0 aliphatic rings. The Morgan fingerprint density at radius 2 is 2.00 bits per heavy atom. The molecule has 19 heavy (non-hydrogen) atoms. The average Bonchev–Trinajstić information content (AvgIpc) is 3.08. The van der Waals surface area contributed by atoms with Crippen molar-refractivity contribution in [2.45, 2.75) is 6.42 Å². The lowest BCUT2D eigenvalue weighted by molar-refractivity contribution is 0.515. The van der Waals surface area contributed by atoms with Crippen LogP contribution in [-0.4, -0.2) is 20.6 Å². The van der Waals surface area contributed by atoms with Gasteiger partial charge >= 0.3 is 0 Å². The van der Waals surface area contributed by atoms with Crippen molar-refractivity contribution in [2.75, 3.05) is 5.88 Å². The molecule has 1 aromatic carbocycles. The van der Waals surface area contributed by atoms with E-state index in [1.807, 2.05) is 36.5 Å². The molecule has 0 spiro atoms. The highest BCUT2D eigenvalue weighted by molar-refractivity contribution is 6.17. The Morgan fingerprint density at radius 1 is 1.16 bits per heavy atom. The molecule has 0 aliphatic heterocycles. The number of hydrogen-bond donors (Lipinski definition) is 0. The van der Waals surface area contributed by atoms with E-state index >= 15 is 0 Å². The van der Waals surface area contributed by atoms with Crippen LogP contribution in [0.25, 0.3) is 17.0 Å². The fraction of sp³-hybridized carbons (Fsp3) is 0.143. The quantitative estimate of drug-likeness (QED) is 0.685. The van der Waals surface area contributed by atoms with Crippen molar-refractivity contribution in [1.29, 1.82) is 0 Å². The number of oxazole rings is 1. The van der Waals surface area contributed by atoms with Crippen LogP contribution >= 0.6 is 11.6 Å². The maximum Gasteiger partial charge on any atom is 0.196 e. The molecule has 0 bridgehead atoms. The highest BCUT2D eigenvalue weighted by atomic mass is 35.5. The number of benzene rings is 1. The maximum atomic E-state index is 5.66. The van der Waals surface area contributed by atoms with Gasteiger partial charge in [-0.2, -0.15) is 5.10 Å². The molecule has 96 valence electrons. The third-order valence-corrected chi connectivity index (χ3v) is 2.94. The second-order valence-electron chi connectivity index (χ2n) is 4.07. The maximum absolute atomic E-state index is 5.66. The Morgan fingerprint density at radius 3 is 2.79 bits per heavy atom. The molecule has 0 atom stereocenters. The van der Waals surface area contributed by atoms with Crippen molar-refractivity contribution in [3.8, 4) is 17.0 Å². The fourth-order valence-corrected chi connectivity index (χ4v) is 1.97. The molecule has 0 saturated carbocycles. The van der Waals surface area contributed by atoms with E-state index in [4.69, 9.17) is 16.0 Å². The second kappa shape index (κ2) is 5.28. The molecule has 3 rings (SSSR count). The summed E-state index contributed by atoms with van der Waals surface area (Å²) in [6.45, 7) is 0. The first-order chi connectivity index (χ1) is 9.36. The van der Waals surface area contributed by atoms with Crippen molar-refractivity contribution in [1.82, 2.24) is 14.8 Å². The molecule has 0 fully saturated rings. The van der Waals surface area contributed by atoms with E-state index in [0.29, 0.717) is 24.0 Å². The Balaban J connectivity index is 1.88. The van der Waals surface area contributed by atoms with E-state index in [0.717, 1.165) is 11.3 Å². The van der Waals surface area contributed by atoms with Gasteiger partial charge in [0, 0.05) is 18.5 Å². The highest BCUT2D eigenvalue weighted by Gasteiger charge is 2.08. The van der Waals surface area contributed by atoms with E-state index in [-0.39, 0.29) is 0 Å². The Labute approximate surface area is 115 Å². The summed E-state index contributed by atoms with van der Waals surface area (Å²) in [5.74, 6) is 1.86. The number of nitrogens with zero attached hydrogens (tertiary/aromatic N) is 3. The fourth-order valence-electron chi connectivity index (χ4n) is 1.81. The van der Waals surface area contributed by atoms with Crippen molar-refractivity contribution in [2.24, 2.45) is 0 Å². The van der Waals surface area contributed by atoms with Crippen LogP contribution in [0.2, 0.25) is 0 Å². The highest BCUT2D eigenvalue weighted by Crippen LogP contribution is 2.21. The normalized spacial score (nSPS) is 10.8. The van der Waals surface area contributed by atoms with Gasteiger partial charge in [0.05, 0.1) is 23.6 Å². The smallest absolute Gasteiger partial charge is 0.196 e. The zero-order valence-electron chi connectivity index (χ0n) is 10.2. The third kappa shape index (κ3) is 2.53. The number of aromatic nitrogens is 3. The molecule has 0 N–H and O–H groups in total. The van der Waals surface area contributed by atoms with Gasteiger partial charge in [0.15, 0.2) is 11.7 Å². The Kier molecular flexibility index (Phi) is 3.33. The van der Waals surface area contributed by atoms with Gasteiger partial charge in [-0.1, -0.05) is 18.2 Å². The monoisotopic (exact) mass is 273 g/mol. The summed E-state index contributed by atoms with van der Waals surface area (Å²) in [6.07, 6.45) is 6.01. The molecule has 3 aromatic rings. The van der Waals surface area contributed by atoms with Gasteiger partial charge in [-0.3, -0.25) is 0 Å². The van der Waals surface area contributed by atoms with Gasteiger partial charge in [-0.25, -0.2) is 9.67 Å². The van der Waals surface area contributed by atoms with E-state index < -0.39 is 0 Å². The first-order valence-electron chi connectivity index (χ1n) is 5.98. The lowest BCUT2D eigenvalue weighted by Gasteiger charge is -1.98. The molecular formula is C14H12ClN3O. The Bertz CT molecular complexity index is 660. The van der Waals surface area contributed by atoms with Gasteiger partial charge in [-0.05, 0) is 12.1 Å². The minimum Gasteiger partial charge on any atom is -0.441 e. The molecule has 0 unspecified atom stereocenters. The lowest BCUT2D eigenvalue weighted by Crippen LogP contribution is -1.92. The average molecular weight is 274 g/mol. The molecule has 2 heterocycles. The first kappa shape index (κ1) is 12.0. The minimum absolute atomic E-state index is 0.503. The van der Waals surface area contributed by atoms with Gasteiger partial charge in [-0.15, -0.1) is 11.6 Å². The topological polar surface area (TPSA) is 43.9 Å². The number of hydrogen-bond acceptors (Lipinski definition) is 3. The lowest BCUT2D eigenvalue weighted by atomic mass is 10.3. The summed E-state index contributed by atoms with van der Waals surface area (Å²) in [5.41, 5.74) is 1.91. The zero-order valence-corrected chi connectivity index (χ0v) is 10.9. The van der Waals surface area contributed by atoms with Crippen molar-refractivity contribution >= 4 is 11.6 Å². The van der Waals surface area contributed by atoms with Crippen LogP contribution in [0.15, 0.2) is 53.3 Å². The van der Waals surface area contributed by atoms with Gasteiger partial charge in [0.2, 0.25) is 0 Å². The molecule has 0 aliphatic carbocycles. The van der Waals surface area contributed by atoms with E-state index in [1.165, 1.54) is 0 Å². The second-order valence-corrected chi connectivity index (χ2v) is 4.44. The third-order valence-electron chi connectivity index (χ3n) is 2.75. The molecule has 2 aromatic heterocycles. The number of alkyl halides is 1. The molecule has 5 heteroatoms. The predicted octanol–water partition coefficient (Wildman–Crippen LogP) is 3.31. The van der Waals surface area contributed by atoms with Gasteiger partial charge < -0.3 is 4.42 Å². The van der Waals surface area contributed by atoms with Gasteiger partial charge in [0.1, 0.15) is 0 Å². The Hall–Kier alpha value is -2.07. The standard InChI is InChI=1S/C14H12ClN3O/c15-7-6-14-16-9-13(19-14)11-8-17-18(10-11)12-4-2-1-3-5-12/h1-5,8-10H,6-7H2. The molecule has 0 radical (unpaired) electrons. The van der Waals surface area contributed by atoms with Crippen LogP contribution in [0.5, 0.6) is 0 Å². The molecule has 0 saturated heterocycles. The number of para-hydroxylation sites is 1. The van der Waals surface area contributed by atoms with Crippen LogP contribution in [0.1, 0.15) is 5.89 Å². The van der Waals surface area contributed by atoms with E-state index in [1.54, 1.807) is 17.1 Å². The zero-order chi connectivity index (χ0) is 13.1. The van der Waals surface area contributed by atoms with Crippen molar-refractivity contribution < 1.29 is 4.42 Å². The summed E-state index contributed by atoms with van der Waals surface area (Å²) >= 11 is 5.66. The van der Waals surface area contributed by atoms with Gasteiger partial charge in [0.25, 0.3) is 0 Å². The number of aryl methyl sites for hydroxylation is 1. The number of halogens is 1. The van der Waals surface area contributed by atoms with Crippen LogP contribution in [0.4, 0.5) is 0 Å². The molecule has 4 nitrogen and oxygen atoms in total. The first-order valence-corrected chi connectivity index (χ1v) is 6.51. The van der Waals surface area contributed by atoms with E-state index in [2.05, 4.69) is 10.1 Å². The molecular weight excluding hydrogens is 262 g/mol. The van der Waals surface area contributed by atoms with Crippen LogP contribution in [0, 0.1) is 0 Å². The van der Waals surface area contributed by atoms with Crippen molar-refractivity contribution in [3.05, 3.63) is 54.8 Å². The summed E-state index contributed by atoms with van der Waals surface area (Å²) in [6, 6.07) is 9.92. The summed E-state index contributed by atoms with van der Waals surface area (Å²) < 4.78 is 7.42. The minimum atomic E-state index is 0.503. The SMILES string of the molecule is ClCCc1ncc(-c2cnn(-c3ccccc3)c2)o1. The summed E-state index contributed by atoms with van der Waals surface area (Å²) in [5, 5.41) is 4.32. The van der Waals surface area contributed by atoms with Crippen LogP contribution in [-0.2, 0) is 6.42 Å². The molecule has 0 amide bonds.